The van der Waals surface area contributed by atoms with Crippen LogP contribution >= 0.6 is 0 Å². The molecule has 0 bridgehead atoms. The Kier molecular flexibility index (Phi) is 5.13. The maximum atomic E-state index is 12.1. The van der Waals surface area contributed by atoms with E-state index in [0.717, 1.165) is 57.7 Å². The summed E-state index contributed by atoms with van der Waals surface area (Å²) in [5.41, 5.74) is -0.673. The van der Waals surface area contributed by atoms with Crippen molar-refractivity contribution in [3.8, 4) is 0 Å². The van der Waals surface area contributed by atoms with Gasteiger partial charge in [-0.3, -0.25) is 9.69 Å². The monoisotopic (exact) mass is 318 g/mol. The predicted molar refractivity (Wildman–Crippen MR) is 89.3 cm³/mol. The van der Waals surface area contributed by atoms with Crippen LogP contribution in [0.25, 0.3) is 0 Å². The van der Waals surface area contributed by atoms with Gasteiger partial charge in [-0.15, -0.1) is 0 Å². The summed E-state index contributed by atoms with van der Waals surface area (Å²) in [7, 11) is 0. The molecule has 1 aromatic rings. The number of hydrogen-bond acceptors (Lipinski definition) is 5. The van der Waals surface area contributed by atoms with E-state index in [1.165, 1.54) is 0 Å². The van der Waals surface area contributed by atoms with E-state index in [1.807, 2.05) is 24.4 Å². The fourth-order valence-corrected chi connectivity index (χ4v) is 3.41. The molecule has 0 radical (unpaired) electrons. The molecule has 1 saturated heterocycles. The molecular formula is C17H26N4O2. The van der Waals surface area contributed by atoms with Crippen LogP contribution in [0.5, 0.6) is 0 Å². The zero-order valence-corrected chi connectivity index (χ0v) is 13.6. The van der Waals surface area contributed by atoms with Crippen molar-refractivity contribution < 1.29 is 9.90 Å². The first-order chi connectivity index (χ1) is 11.1. The van der Waals surface area contributed by atoms with E-state index in [4.69, 9.17) is 0 Å². The molecule has 3 rings (SSSR count). The number of piperazine rings is 1. The fraction of sp³-hybridized carbons (Fsp3) is 0.647. The first-order valence-electron chi connectivity index (χ1n) is 8.52. The Balaban J connectivity index is 1.39. The smallest absolute Gasteiger partial charge is 0.234 e. The highest BCUT2D eigenvalue weighted by molar-refractivity contribution is 5.78. The van der Waals surface area contributed by atoms with Crippen molar-refractivity contribution in [1.82, 2.24) is 15.2 Å². The number of aliphatic hydroxyl groups is 1. The Morgan fingerprint density at radius 1 is 1.22 bits per heavy atom. The molecular weight excluding hydrogens is 292 g/mol. The van der Waals surface area contributed by atoms with Gasteiger partial charge in [-0.2, -0.15) is 0 Å². The van der Waals surface area contributed by atoms with Crippen molar-refractivity contribution in [3.63, 3.8) is 0 Å². The van der Waals surface area contributed by atoms with Gasteiger partial charge in [-0.25, -0.2) is 4.98 Å². The molecule has 0 aromatic carbocycles. The van der Waals surface area contributed by atoms with Gasteiger partial charge in [-0.05, 0) is 25.0 Å². The maximum absolute atomic E-state index is 12.1. The highest BCUT2D eigenvalue weighted by Crippen LogP contribution is 2.28. The molecule has 1 aliphatic heterocycles. The molecule has 1 saturated carbocycles. The Bertz CT molecular complexity index is 509. The number of aromatic nitrogens is 1. The van der Waals surface area contributed by atoms with E-state index in [1.54, 1.807) is 0 Å². The minimum Gasteiger partial charge on any atom is -0.388 e. The molecule has 1 aromatic heterocycles. The Morgan fingerprint density at radius 2 is 1.96 bits per heavy atom. The van der Waals surface area contributed by atoms with E-state index >= 15 is 0 Å². The molecule has 126 valence electrons. The van der Waals surface area contributed by atoms with Crippen LogP contribution in [-0.4, -0.2) is 65.8 Å². The average molecular weight is 318 g/mol. The standard InChI is InChI=1S/C17H26N4O2/c22-16(19-14-17(23)6-2-3-7-17)13-20-9-11-21(12-10-20)15-5-1-4-8-18-15/h1,4-5,8,23H,2-3,6-7,9-14H2,(H,19,22). The second-order valence-corrected chi connectivity index (χ2v) is 6.66. The Hall–Kier alpha value is -1.66. The zero-order valence-electron chi connectivity index (χ0n) is 13.6. The topological polar surface area (TPSA) is 68.7 Å². The molecule has 1 amide bonds. The minimum atomic E-state index is -0.673. The van der Waals surface area contributed by atoms with E-state index in [-0.39, 0.29) is 5.91 Å². The van der Waals surface area contributed by atoms with Gasteiger partial charge >= 0.3 is 0 Å². The number of carbonyl (C=O) groups excluding carboxylic acids is 1. The van der Waals surface area contributed by atoms with Crippen LogP contribution in [0.1, 0.15) is 25.7 Å². The van der Waals surface area contributed by atoms with E-state index in [9.17, 15) is 9.90 Å². The van der Waals surface area contributed by atoms with Crippen molar-refractivity contribution in [2.75, 3.05) is 44.2 Å². The summed E-state index contributed by atoms with van der Waals surface area (Å²) < 4.78 is 0. The highest BCUT2D eigenvalue weighted by atomic mass is 16.3. The Morgan fingerprint density at radius 3 is 2.61 bits per heavy atom. The molecule has 6 nitrogen and oxygen atoms in total. The van der Waals surface area contributed by atoms with Crippen molar-refractivity contribution in [3.05, 3.63) is 24.4 Å². The lowest BCUT2D eigenvalue weighted by Gasteiger charge is -2.35. The first-order valence-corrected chi connectivity index (χ1v) is 8.52. The summed E-state index contributed by atoms with van der Waals surface area (Å²) >= 11 is 0. The third-order valence-electron chi connectivity index (χ3n) is 4.86. The second-order valence-electron chi connectivity index (χ2n) is 6.66. The molecule has 0 atom stereocenters. The molecule has 0 unspecified atom stereocenters. The van der Waals surface area contributed by atoms with Gasteiger partial charge in [0.25, 0.3) is 0 Å². The third-order valence-corrected chi connectivity index (χ3v) is 4.86. The number of hydrogen-bond donors (Lipinski definition) is 2. The van der Waals surface area contributed by atoms with E-state index in [2.05, 4.69) is 20.1 Å². The highest BCUT2D eigenvalue weighted by Gasteiger charge is 2.31. The van der Waals surface area contributed by atoms with Crippen LogP contribution in [0, 0.1) is 0 Å². The lowest BCUT2D eigenvalue weighted by molar-refractivity contribution is -0.123. The fourth-order valence-electron chi connectivity index (χ4n) is 3.41. The third kappa shape index (κ3) is 4.42. The maximum Gasteiger partial charge on any atom is 0.234 e. The van der Waals surface area contributed by atoms with Crippen molar-refractivity contribution in [2.45, 2.75) is 31.3 Å². The summed E-state index contributed by atoms with van der Waals surface area (Å²) in [6, 6.07) is 5.93. The molecule has 23 heavy (non-hydrogen) atoms. The number of nitrogens with zero attached hydrogens (tertiary/aromatic N) is 3. The van der Waals surface area contributed by atoms with Crippen LogP contribution in [0.4, 0.5) is 5.82 Å². The van der Waals surface area contributed by atoms with Crippen molar-refractivity contribution in [2.24, 2.45) is 0 Å². The summed E-state index contributed by atoms with van der Waals surface area (Å²) in [6.45, 7) is 4.27. The van der Waals surface area contributed by atoms with Gasteiger partial charge in [0.05, 0.1) is 12.1 Å². The molecule has 1 aliphatic carbocycles. The lowest BCUT2D eigenvalue weighted by Crippen LogP contribution is -2.51. The number of nitrogens with one attached hydrogen (secondary N) is 1. The second kappa shape index (κ2) is 7.27. The predicted octanol–water partition coefficient (Wildman–Crippen LogP) is 0.625. The number of anilines is 1. The molecule has 2 aliphatic rings. The van der Waals surface area contributed by atoms with E-state index in [0.29, 0.717) is 13.1 Å². The largest absolute Gasteiger partial charge is 0.388 e. The van der Waals surface area contributed by atoms with Crippen molar-refractivity contribution in [1.29, 1.82) is 0 Å². The SMILES string of the molecule is O=C(CN1CCN(c2ccccn2)CC1)NCC1(O)CCCC1. The molecule has 2 fully saturated rings. The minimum absolute atomic E-state index is 0.0108. The van der Waals surface area contributed by atoms with Crippen LogP contribution in [0.2, 0.25) is 0 Å². The lowest BCUT2D eigenvalue weighted by atomic mass is 10.0. The summed E-state index contributed by atoms with van der Waals surface area (Å²) in [5.74, 6) is 1.01. The van der Waals surface area contributed by atoms with Gasteiger partial charge in [0.15, 0.2) is 0 Å². The number of pyridine rings is 1. The quantitative estimate of drug-likeness (QED) is 0.833. The summed E-state index contributed by atoms with van der Waals surface area (Å²) in [5, 5.41) is 13.2. The van der Waals surface area contributed by atoms with Gasteiger partial charge in [0.1, 0.15) is 5.82 Å². The summed E-state index contributed by atoms with van der Waals surface area (Å²) in [6.07, 6.45) is 5.53. The first kappa shape index (κ1) is 16.2. The van der Waals surface area contributed by atoms with Crippen LogP contribution in [0.3, 0.4) is 0 Å². The zero-order chi connectivity index (χ0) is 16.1. The average Bonchev–Trinajstić information content (AvgIpc) is 3.02. The van der Waals surface area contributed by atoms with Gasteiger partial charge in [-0.1, -0.05) is 18.9 Å². The van der Waals surface area contributed by atoms with Crippen LogP contribution < -0.4 is 10.2 Å². The molecule has 0 spiro atoms. The normalized spacial score (nSPS) is 21.3. The van der Waals surface area contributed by atoms with Crippen LogP contribution in [0.15, 0.2) is 24.4 Å². The number of carbonyl (C=O) groups is 1. The number of amides is 1. The van der Waals surface area contributed by atoms with Crippen LogP contribution in [-0.2, 0) is 4.79 Å². The van der Waals surface area contributed by atoms with E-state index < -0.39 is 5.60 Å². The van der Waals surface area contributed by atoms with Crippen molar-refractivity contribution >= 4 is 11.7 Å². The Labute approximate surface area is 137 Å². The molecule has 6 heteroatoms. The number of rotatable bonds is 5. The molecule has 2 N–H and O–H groups in total. The summed E-state index contributed by atoms with van der Waals surface area (Å²) in [4.78, 5) is 20.8. The van der Waals surface area contributed by atoms with Gasteiger partial charge in [0, 0.05) is 38.9 Å². The van der Waals surface area contributed by atoms with Gasteiger partial charge in [0.2, 0.25) is 5.91 Å². The van der Waals surface area contributed by atoms with Gasteiger partial charge < -0.3 is 15.3 Å². The molecule has 2 heterocycles.